The Morgan fingerprint density at radius 3 is 2.25 bits per heavy atom. The Balaban J connectivity index is 2.31. The number of carbonyl (C=O) groups is 1. The number of carbonyl (C=O) groups excluding carboxylic acids is 1. The van der Waals surface area contributed by atoms with Crippen molar-refractivity contribution < 1.29 is 22.0 Å². The number of rotatable bonds is 5. The SMILES string of the molecule is Cc1ccc(NC(=O)c2cc(S(=O)(=O)N[C@H](C)C(C)(C)C)ccc2F)cc1F. The van der Waals surface area contributed by atoms with Crippen molar-refractivity contribution in [2.75, 3.05) is 5.32 Å². The van der Waals surface area contributed by atoms with E-state index in [-0.39, 0.29) is 16.0 Å². The van der Waals surface area contributed by atoms with E-state index in [0.717, 1.165) is 24.3 Å². The number of anilines is 1. The van der Waals surface area contributed by atoms with E-state index >= 15 is 0 Å². The van der Waals surface area contributed by atoms with Gasteiger partial charge >= 0.3 is 0 Å². The zero-order chi connectivity index (χ0) is 21.3. The molecular weight excluding hydrogens is 386 g/mol. The van der Waals surface area contributed by atoms with E-state index in [4.69, 9.17) is 0 Å². The Hall–Kier alpha value is -2.32. The van der Waals surface area contributed by atoms with Crippen LogP contribution in [0.5, 0.6) is 0 Å². The van der Waals surface area contributed by atoms with E-state index in [2.05, 4.69) is 10.0 Å². The van der Waals surface area contributed by atoms with Gasteiger partial charge in [0.05, 0.1) is 10.5 Å². The van der Waals surface area contributed by atoms with E-state index in [9.17, 15) is 22.0 Å². The van der Waals surface area contributed by atoms with Gasteiger partial charge in [-0.2, -0.15) is 0 Å². The molecule has 2 N–H and O–H groups in total. The second kappa shape index (κ2) is 7.97. The van der Waals surface area contributed by atoms with Crippen LogP contribution in [0, 0.1) is 24.0 Å². The fraction of sp³-hybridized carbons (Fsp3) is 0.350. The highest BCUT2D eigenvalue weighted by Crippen LogP contribution is 2.23. The van der Waals surface area contributed by atoms with Crippen LogP contribution in [0.2, 0.25) is 0 Å². The fourth-order valence-corrected chi connectivity index (χ4v) is 3.67. The molecule has 8 heteroatoms. The number of halogens is 2. The number of sulfonamides is 1. The van der Waals surface area contributed by atoms with Crippen LogP contribution < -0.4 is 10.0 Å². The average molecular weight is 410 g/mol. The van der Waals surface area contributed by atoms with E-state index in [0.29, 0.717) is 5.56 Å². The van der Waals surface area contributed by atoms with Gasteiger partial charge in [0.2, 0.25) is 10.0 Å². The molecule has 0 heterocycles. The minimum Gasteiger partial charge on any atom is -0.322 e. The summed E-state index contributed by atoms with van der Waals surface area (Å²) in [4.78, 5) is 12.2. The minimum absolute atomic E-state index is 0.139. The van der Waals surface area contributed by atoms with Crippen LogP contribution in [0.25, 0.3) is 0 Å². The molecular formula is C20H24F2N2O3S. The summed E-state index contributed by atoms with van der Waals surface area (Å²) < 4.78 is 55.5. The maximum absolute atomic E-state index is 14.2. The molecule has 0 saturated carbocycles. The van der Waals surface area contributed by atoms with Crippen LogP contribution in [0.15, 0.2) is 41.3 Å². The molecule has 1 amide bonds. The number of benzene rings is 2. The first kappa shape index (κ1) is 22.0. The molecule has 0 aliphatic heterocycles. The van der Waals surface area contributed by atoms with Crippen LogP contribution in [0.3, 0.4) is 0 Å². The summed E-state index contributed by atoms with van der Waals surface area (Å²) in [6.45, 7) is 8.93. The summed E-state index contributed by atoms with van der Waals surface area (Å²) >= 11 is 0. The van der Waals surface area contributed by atoms with Crippen LogP contribution in [0.1, 0.15) is 43.6 Å². The van der Waals surface area contributed by atoms with Gasteiger partial charge in [0.1, 0.15) is 11.6 Å². The summed E-state index contributed by atoms with van der Waals surface area (Å²) in [5.41, 5.74) is -0.244. The number of nitrogens with one attached hydrogen (secondary N) is 2. The van der Waals surface area contributed by atoms with Gasteiger partial charge in [0, 0.05) is 11.7 Å². The minimum atomic E-state index is -3.96. The van der Waals surface area contributed by atoms with Crippen LogP contribution >= 0.6 is 0 Å². The average Bonchev–Trinajstić information content (AvgIpc) is 2.57. The third kappa shape index (κ3) is 5.14. The molecule has 2 rings (SSSR count). The highest BCUT2D eigenvalue weighted by atomic mass is 32.2. The zero-order valence-electron chi connectivity index (χ0n) is 16.4. The molecule has 0 unspecified atom stereocenters. The summed E-state index contributed by atoms with van der Waals surface area (Å²) in [6, 6.07) is 6.64. The fourth-order valence-electron chi connectivity index (χ4n) is 2.19. The maximum atomic E-state index is 14.2. The van der Waals surface area contributed by atoms with Gasteiger partial charge in [0.25, 0.3) is 5.91 Å². The van der Waals surface area contributed by atoms with Gasteiger partial charge in [-0.25, -0.2) is 21.9 Å². The van der Waals surface area contributed by atoms with E-state index in [1.54, 1.807) is 13.8 Å². The molecule has 0 saturated heterocycles. The Bertz CT molecular complexity index is 999. The highest BCUT2D eigenvalue weighted by Gasteiger charge is 2.27. The lowest BCUT2D eigenvalue weighted by Gasteiger charge is -2.27. The molecule has 5 nitrogen and oxygen atoms in total. The van der Waals surface area contributed by atoms with Crippen molar-refractivity contribution in [1.82, 2.24) is 4.72 Å². The Morgan fingerprint density at radius 1 is 1.04 bits per heavy atom. The Labute approximate surface area is 164 Å². The number of aryl methyl sites for hydroxylation is 1. The van der Waals surface area contributed by atoms with E-state index in [1.807, 2.05) is 20.8 Å². The van der Waals surface area contributed by atoms with Crippen molar-refractivity contribution >= 4 is 21.6 Å². The van der Waals surface area contributed by atoms with Gasteiger partial charge < -0.3 is 5.32 Å². The van der Waals surface area contributed by atoms with Crippen molar-refractivity contribution in [1.29, 1.82) is 0 Å². The predicted octanol–water partition coefficient (Wildman–Crippen LogP) is 4.24. The van der Waals surface area contributed by atoms with Crippen LogP contribution in [-0.4, -0.2) is 20.4 Å². The predicted molar refractivity (Wildman–Crippen MR) is 105 cm³/mol. The van der Waals surface area contributed by atoms with Gasteiger partial charge in [-0.3, -0.25) is 4.79 Å². The van der Waals surface area contributed by atoms with Crippen LogP contribution in [-0.2, 0) is 10.0 Å². The van der Waals surface area contributed by atoms with Crippen molar-refractivity contribution in [2.45, 2.75) is 45.6 Å². The lowest BCUT2D eigenvalue weighted by molar-refractivity contribution is 0.102. The largest absolute Gasteiger partial charge is 0.322 e. The van der Waals surface area contributed by atoms with Crippen LogP contribution in [0.4, 0.5) is 14.5 Å². The zero-order valence-corrected chi connectivity index (χ0v) is 17.2. The van der Waals surface area contributed by atoms with Gasteiger partial charge in [-0.15, -0.1) is 0 Å². The number of hydrogen-bond acceptors (Lipinski definition) is 3. The quantitative estimate of drug-likeness (QED) is 0.774. The monoisotopic (exact) mass is 410 g/mol. The first-order valence-corrected chi connectivity index (χ1v) is 10.2. The molecule has 0 aliphatic rings. The molecule has 152 valence electrons. The maximum Gasteiger partial charge on any atom is 0.258 e. The molecule has 0 radical (unpaired) electrons. The number of amides is 1. The summed E-state index contributed by atoms with van der Waals surface area (Å²) in [5, 5.41) is 2.38. The first-order chi connectivity index (χ1) is 12.8. The molecule has 0 aromatic heterocycles. The lowest BCUT2D eigenvalue weighted by Crippen LogP contribution is -2.41. The standard InChI is InChI=1S/C20H24F2N2O3S/c1-12-6-7-14(10-18(12)22)23-19(25)16-11-15(8-9-17(16)21)28(26,27)24-13(2)20(3,4)5/h6-11,13,24H,1-5H3,(H,23,25)/t13-/m1/s1. The second-order valence-electron chi connectivity index (χ2n) is 7.77. The second-order valence-corrected chi connectivity index (χ2v) is 9.48. The molecule has 0 fully saturated rings. The van der Waals surface area contributed by atoms with Crippen molar-refractivity contribution in [3.63, 3.8) is 0 Å². The van der Waals surface area contributed by atoms with E-state index in [1.165, 1.54) is 12.1 Å². The van der Waals surface area contributed by atoms with Crippen molar-refractivity contribution in [3.8, 4) is 0 Å². The summed E-state index contributed by atoms with van der Waals surface area (Å²) in [5.74, 6) is -2.27. The van der Waals surface area contributed by atoms with Gasteiger partial charge in [0.15, 0.2) is 0 Å². The highest BCUT2D eigenvalue weighted by molar-refractivity contribution is 7.89. The summed E-state index contributed by atoms with van der Waals surface area (Å²) in [7, 11) is -3.96. The topological polar surface area (TPSA) is 75.3 Å². The number of hydrogen-bond donors (Lipinski definition) is 2. The lowest BCUT2D eigenvalue weighted by atomic mass is 9.89. The van der Waals surface area contributed by atoms with Gasteiger partial charge in [-0.05, 0) is 55.2 Å². The molecule has 1 atom stereocenters. The van der Waals surface area contributed by atoms with Gasteiger partial charge in [-0.1, -0.05) is 26.8 Å². The third-order valence-electron chi connectivity index (χ3n) is 4.55. The first-order valence-electron chi connectivity index (χ1n) is 8.70. The van der Waals surface area contributed by atoms with Crippen molar-refractivity contribution in [2.24, 2.45) is 5.41 Å². The molecule has 2 aromatic carbocycles. The smallest absolute Gasteiger partial charge is 0.258 e. The normalized spacial score (nSPS) is 13.2. The molecule has 0 bridgehead atoms. The summed E-state index contributed by atoms with van der Waals surface area (Å²) in [6.07, 6.45) is 0. The molecule has 2 aromatic rings. The molecule has 28 heavy (non-hydrogen) atoms. The third-order valence-corrected chi connectivity index (χ3v) is 6.09. The molecule has 0 spiro atoms. The van der Waals surface area contributed by atoms with E-state index < -0.39 is 39.2 Å². The Morgan fingerprint density at radius 2 is 1.68 bits per heavy atom. The molecule has 0 aliphatic carbocycles. The Kier molecular flexibility index (Phi) is 6.25. The van der Waals surface area contributed by atoms with Crippen molar-refractivity contribution in [3.05, 3.63) is 59.2 Å².